The van der Waals surface area contributed by atoms with Gasteiger partial charge in [0.05, 0.1) is 22.8 Å². The smallest absolute Gasteiger partial charge is 0.235 e. The van der Waals surface area contributed by atoms with E-state index in [0.29, 0.717) is 29.8 Å². The SMILES string of the molecule is CC(C)Oc1ccc(NC(=O)C2(c3ccc(F)cc3)CCCC2)c(C#N)c1. The van der Waals surface area contributed by atoms with Gasteiger partial charge < -0.3 is 10.1 Å². The highest BCUT2D eigenvalue weighted by atomic mass is 19.1. The maximum Gasteiger partial charge on any atom is 0.235 e. The number of ether oxygens (including phenoxy) is 1. The molecule has 1 aliphatic rings. The molecule has 0 aliphatic heterocycles. The number of amides is 1. The largest absolute Gasteiger partial charge is 0.491 e. The summed E-state index contributed by atoms with van der Waals surface area (Å²) in [4.78, 5) is 13.2. The lowest BCUT2D eigenvalue weighted by atomic mass is 9.78. The summed E-state index contributed by atoms with van der Waals surface area (Å²) in [6.45, 7) is 3.82. The van der Waals surface area contributed by atoms with Crippen molar-refractivity contribution < 1.29 is 13.9 Å². The van der Waals surface area contributed by atoms with Crippen LogP contribution < -0.4 is 10.1 Å². The number of rotatable bonds is 5. The predicted octanol–water partition coefficient (Wildman–Crippen LogP) is 4.94. The van der Waals surface area contributed by atoms with E-state index in [1.54, 1.807) is 30.3 Å². The first-order valence-electron chi connectivity index (χ1n) is 9.23. The number of nitrogens with one attached hydrogen (secondary N) is 1. The number of nitrogens with zero attached hydrogens (tertiary/aromatic N) is 1. The maximum absolute atomic E-state index is 13.3. The van der Waals surface area contributed by atoms with E-state index in [4.69, 9.17) is 4.74 Å². The maximum atomic E-state index is 13.3. The minimum atomic E-state index is -0.687. The molecule has 1 aliphatic carbocycles. The van der Waals surface area contributed by atoms with Gasteiger partial charge in [-0.15, -0.1) is 0 Å². The second kappa shape index (κ2) is 7.79. The Morgan fingerprint density at radius 3 is 2.44 bits per heavy atom. The lowest BCUT2D eigenvalue weighted by Crippen LogP contribution is -2.38. The minimum absolute atomic E-state index is 0.00258. The van der Waals surface area contributed by atoms with E-state index in [1.807, 2.05) is 13.8 Å². The predicted molar refractivity (Wildman–Crippen MR) is 102 cm³/mol. The van der Waals surface area contributed by atoms with Crippen molar-refractivity contribution in [2.75, 3.05) is 5.32 Å². The number of hydrogen-bond acceptors (Lipinski definition) is 3. The molecule has 2 aromatic rings. The van der Waals surface area contributed by atoms with E-state index in [2.05, 4.69) is 11.4 Å². The number of halogens is 1. The molecule has 1 fully saturated rings. The van der Waals surface area contributed by atoms with Crippen LogP contribution in [0.3, 0.4) is 0 Å². The van der Waals surface area contributed by atoms with Crippen molar-refractivity contribution in [2.24, 2.45) is 0 Å². The molecule has 0 saturated heterocycles. The highest BCUT2D eigenvalue weighted by Gasteiger charge is 2.42. The average Bonchev–Trinajstić information content (AvgIpc) is 3.14. The normalized spacial score (nSPS) is 15.4. The Morgan fingerprint density at radius 1 is 1.19 bits per heavy atom. The van der Waals surface area contributed by atoms with E-state index >= 15 is 0 Å². The van der Waals surface area contributed by atoms with Crippen molar-refractivity contribution in [1.82, 2.24) is 0 Å². The quantitative estimate of drug-likeness (QED) is 0.816. The molecule has 1 N–H and O–H groups in total. The Hall–Kier alpha value is -2.87. The number of carbonyl (C=O) groups is 1. The number of nitriles is 1. The molecule has 0 heterocycles. The number of hydrogen-bond donors (Lipinski definition) is 1. The number of carbonyl (C=O) groups excluding carboxylic acids is 1. The van der Waals surface area contributed by atoms with Gasteiger partial charge in [-0.2, -0.15) is 5.26 Å². The Bertz CT molecular complexity index is 863. The van der Waals surface area contributed by atoms with Gasteiger partial charge in [-0.1, -0.05) is 25.0 Å². The van der Waals surface area contributed by atoms with Gasteiger partial charge in [0.15, 0.2) is 0 Å². The summed E-state index contributed by atoms with van der Waals surface area (Å²) in [5.74, 6) is 0.120. The van der Waals surface area contributed by atoms with Crippen molar-refractivity contribution in [2.45, 2.75) is 51.0 Å². The fourth-order valence-corrected chi connectivity index (χ4v) is 3.71. The van der Waals surface area contributed by atoms with Crippen molar-refractivity contribution >= 4 is 11.6 Å². The van der Waals surface area contributed by atoms with Gasteiger partial charge in [0.2, 0.25) is 5.91 Å². The van der Waals surface area contributed by atoms with Crippen LogP contribution in [0.4, 0.5) is 10.1 Å². The zero-order valence-electron chi connectivity index (χ0n) is 15.6. The van der Waals surface area contributed by atoms with Crippen molar-refractivity contribution in [1.29, 1.82) is 5.26 Å². The molecule has 2 aromatic carbocycles. The molecule has 27 heavy (non-hydrogen) atoms. The van der Waals surface area contributed by atoms with Gasteiger partial charge >= 0.3 is 0 Å². The molecule has 4 nitrogen and oxygen atoms in total. The van der Waals surface area contributed by atoms with Crippen LogP contribution in [0.25, 0.3) is 0 Å². The third-order valence-corrected chi connectivity index (χ3v) is 5.02. The van der Waals surface area contributed by atoms with Gasteiger partial charge in [-0.3, -0.25) is 4.79 Å². The van der Waals surface area contributed by atoms with E-state index in [0.717, 1.165) is 18.4 Å². The summed E-state index contributed by atoms with van der Waals surface area (Å²) in [7, 11) is 0. The summed E-state index contributed by atoms with van der Waals surface area (Å²) in [6.07, 6.45) is 3.30. The number of benzene rings is 2. The van der Waals surface area contributed by atoms with Crippen LogP contribution in [0.15, 0.2) is 42.5 Å². The van der Waals surface area contributed by atoms with Gasteiger partial charge in [0.1, 0.15) is 17.6 Å². The highest BCUT2D eigenvalue weighted by Crippen LogP contribution is 2.42. The van der Waals surface area contributed by atoms with Gasteiger partial charge in [0, 0.05) is 6.07 Å². The number of anilines is 1. The van der Waals surface area contributed by atoms with Crippen LogP contribution in [0, 0.1) is 17.1 Å². The average molecular weight is 366 g/mol. The Morgan fingerprint density at radius 2 is 1.85 bits per heavy atom. The molecule has 5 heteroatoms. The summed E-state index contributed by atoms with van der Waals surface area (Å²) in [5.41, 5.74) is 0.950. The molecular weight excluding hydrogens is 343 g/mol. The zero-order chi connectivity index (χ0) is 19.4. The third kappa shape index (κ3) is 3.95. The third-order valence-electron chi connectivity index (χ3n) is 5.02. The van der Waals surface area contributed by atoms with Crippen LogP contribution in [-0.4, -0.2) is 12.0 Å². The Kier molecular flexibility index (Phi) is 5.46. The van der Waals surface area contributed by atoms with E-state index < -0.39 is 5.41 Å². The molecule has 0 atom stereocenters. The molecule has 0 radical (unpaired) electrons. The van der Waals surface area contributed by atoms with Crippen LogP contribution in [-0.2, 0) is 10.2 Å². The van der Waals surface area contributed by atoms with Crippen molar-refractivity contribution in [3.63, 3.8) is 0 Å². The van der Waals surface area contributed by atoms with Crippen LogP contribution in [0.1, 0.15) is 50.7 Å². The fourth-order valence-electron chi connectivity index (χ4n) is 3.71. The minimum Gasteiger partial charge on any atom is -0.491 e. The monoisotopic (exact) mass is 366 g/mol. The van der Waals surface area contributed by atoms with Crippen LogP contribution in [0.5, 0.6) is 5.75 Å². The molecule has 1 saturated carbocycles. The van der Waals surface area contributed by atoms with Crippen LogP contribution in [0.2, 0.25) is 0 Å². The van der Waals surface area contributed by atoms with Gasteiger partial charge in [0.25, 0.3) is 0 Å². The molecule has 0 unspecified atom stereocenters. The molecule has 0 spiro atoms. The molecule has 3 rings (SSSR count). The fraction of sp³-hybridized carbons (Fsp3) is 0.364. The molecule has 0 aromatic heterocycles. The van der Waals surface area contributed by atoms with Crippen LogP contribution >= 0.6 is 0 Å². The first kappa shape index (κ1) is 18.9. The summed E-state index contributed by atoms with van der Waals surface area (Å²) in [5, 5.41) is 12.4. The first-order chi connectivity index (χ1) is 12.9. The Labute approximate surface area is 159 Å². The second-order valence-corrected chi connectivity index (χ2v) is 7.24. The summed E-state index contributed by atoms with van der Waals surface area (Å²) < 4.78 is 18.9. The van der Waals surface area contributed by atoms with Crippen molar-refractivity contribution in [3.8, 4) is 11.8 Å². The van der Waals surface area contributed by atoms with Gasteiger partial charge in [-0.25, -0.2) is 4.39 Å². The molecule has 0 bridgehead atoms. The van der Waals surface area contributed by atoms with Gasteiger partial charge in [-0.05, 0) is 56.5 Å². The molecular formula is C22H23FN2O2. The summed E-state index contributed by atoms with van der Waals surface area (Å²) >= 11 is 0. The lowest BCUT2D eigenvalue weighted by molar-refractivity contribution is -0.121. The first-order valence-corrected chi connectivity index (χ1v) is 9.23. The van der Waals surface area contributed by atoms with E-state index in [1.165, 1.54) is 12.1 Å². The van der Waals surface area contributed by atoms with Crippen molar-refractivity contribution in [3.05, 3.63) is 59.4 Å². The van der Waals surface area contributed by atoms with E-state index in [9.17, 15) is 14.4 Å². The molecule has 1 amide bonds. The zero-order valence-corrected chi connectivity index (χ0v) is 15.6. The Balaban J connectivity index is 1.89. The summed E-state index contributed by atoms with van der Waals surface area (Å²) in [6, 6.07) is 13.3. The topological polar surface area (TPSA) is 62.1 Å². The second-order valence-electron chi connectivity index (χ2n) is 7.24. The molecule has 140 valence electrons. The highest BCUT2D eigenvalue weighted by molar-refractivity contribution is 6.00. The standard InChI is InChI=1S/C22H23FN2O2/c1-15(2)27-19-9-10-20(16(13-19)14-24)25-21(26)22(11-3-4-12-22)17-5-7-18(23)8-6-17/h5-10,13,15H,3-4,11-12H2,1-2H3,(H,25,26). The van der Waals surface area contributed by atoms with E-state index in [-0.39, 0.29) is 17.8 Å². The lowest BCUT2D eigenvalue weighted by Gasteiger charge is -2.28.